The Kier molecular flexibility index (Phi) is 7.17. The first kappa shape index (κ1) is 24.1. The zero-order valence-electron chi connectivity index (χ0n) is 20.3. The molecule has 34 heavy (non-hydrogen) atoms. The van der Waals surface area contributed by atoms with Crippen LogP contribution in [0.4, 0.5) is 10.1 Å². The summed E-state index contributed by atoms with van der Waals surface area (Å²) in [6, 6.07) is 14.9. The van der Waals surface area contributed by atoms with Gasteiger partial charge in [0.1, 0.15) is 5.82 Å². The Morgan fingerprint density at radius 2 is 1.76 bits per heavy atom. The van der Waals surface area contributed by atoms with Crippen molar-refractivity contribution in [1.29, 1.82) is 0 Å². The number of hydrogen-bond acceptors (Lipinski definition) is 4. The Bertz CT molecular complexity index is 1090. The summed E-state index contributed by atoms with van der Waals surface area (Å²) in [6.07, 6.45) is 3.73. The molecule has 0 bridgehead atoms. The molecule has 0 spiro atoms. The lowest BCUT2D eigenvalue weighted by Gasteiger charge is -2.31. The van der Waals surface area contributed by atoms with Gasteiger partial charge in [-0.05, 0) is 55.6 Å². The van der Waals surface area contributed by atoms with Crippen LogP contribution in [0.5, 0.6) is 0 Å². The number of hydrogen-bond donors (Lipinski definition) is 1. The number of rotatable bonds is 7. The van der Waals surface area contributed by atoms with Gasteiger partial charge in [0.25, 0.3) is 0 Å². The van der Waals surface area contributed by atoms with E-state index in [1.165, 1.54) is 11.6 Å². The van der Waals surface area contributed by atoms with Crippen LogP contribution < -0.4 is 10.2 Å². The first-order valence-electron chi connectivity index (χ1n) is 12.1. The Labute approximate surface area is 201 Å². The largest absolute Gasteiger partial charge is 0.356 e. The Balaban J connectivity index is 1.25. The van der Waals surface area contributed by atoms with Crippen molar-refractivity contribution in [3.8, 4) is 0 Å². The van der Waals surface area contributed by atoms with E-state index in [2.05, 4.69) is 41.1 Å². The van der Waals surface area contributed by atoms with E-state index in [9.17, 15) is 14.0 Å². The topological polar surface area (TPSA) is 52.7 Å². The maximum atomic E-state index is 13.7. The summed E-state index contributed by atoms with van der Waals surface area (Å²) in [5.41, 5.74) is 3.80. The van der Waals surface area contributed by atoms with Crippen LogP contribution in [0.2, 0.25) is 0 Å². The van der Waals surface area contributed by atoms with Gasteiger partial charge in [-0.15, -0.1) is 0 Å². The summed E-state index contributed by atoms with van der Waals surface area (Å²) < 4.78 is 13.7. The number of benzene rings is 2. The van der Waals surface area contributed by atoms with Gasteiger partial charge in [0, 0.05) is 42.4 Å². The maximum Gasteiger partial charge on any atom is 0.223 e. The van der Waals surface area contributed by atoms with Crippen molar-refractivity contribution in [2.75, 3.05) is 38.1 Å². The van der Waals surface area contributed by atoms with Crippen LogP contribution in [0, 0.1) is 11.7 Å². The number of fused-ring (bicyclic) bond motifs is 1. The third kappa shape index (κ3) is 5.07. The van der Waals surface area contributed by atoms with Gasteiger partial charge in [0.15, 0.2) is 5.78 Å². The lowest BCUT2D eigenvalue weighted by Crippen LogP contribution is -2.42. The number of likely N-dealkylation sites (tertiary alicyclic amines) is 1. The molecule has 2 aliphatic rings. The number of amides is 1. The number of halogens is 1. The lowest BCUT2D eigenvalue weighted by molar-refractivity contribution is -0.126. The highest BCUT2D eigenvalue weighted by molar-refractivity contribution is 5.94. The quantitative estimate of drug-likeness (QED) is 0.629. The molecule has 0 saturated carbocycles. The summed E-state index contributed by atoms with van der Waals surface area (Å²) in [4.78, 5) is 29.7. The van der Waals surface area contributed by atoms with Crippen LogP contribution >= 0.6 is 0 Å². The number of ketones is 1. The van der Waals surface area contributed by atoms with E-state index in [1.54, 1.807) is 24.3 Å². The molecule has 0 aliphatic carbocycles. The minimum Gasteiger partial charge on any atom is -0.356 e. The van der Waals surface area contributed by atoms with Gasteiger partial charge in [-0.2, -0.15) is 0 Å². The van der Waals surface area contributed by atoms with Crippen LogP contribution in [0.3, 0.4) is 0 Å². The number of allylic oxidation sites excluding steroid dienone is 1. The van der Waals surface area contributed by atoms with Gasteiger partial charge in [-0.1, -0.05) is 50.2 Å². The van der Waals surface area contributed by atoms with Gasteiger partial charge in [-0.3, -0.25) is 14.5 Å². The zero-order valence-corrected chi connectivity index (χ0v) is 20.3. The Hall–Kier alpha value is -2.99. The fourth-order valence-electron chi connectivity index (χ4n) is 5.20. The number of piperidine rings is 1. The molecule has 2 aliphatic heterocycles. The Morgan fingerprint density at radius 1 is 1.09 bits per heavy atom. The zero-order chi connectivity index (χ0) is 24.3. The highest BCUT2D eigenvalue weighted by Gasteiger charge is 2.38. The first-order valence-corrected chi connectivity index (χ1v) is 12.1. The van der Waals surface area contributed by atoms with E-state index in [0.29, 0.717) is 25.1 Å². The predicted octanol–water partition coefficient (Wildman–Crippen LogP) is 4.08. The molecule has 0 atom stereocenters. The normalized spacial score (nSPS) is 19.3. The fourth-order valence-corrected chi connectivity index (χ4v) is 5.20. The summed E-state index contributed by atoms with van der Waals surface area (Å²) in [7, 11) is 2.02. The number of carbonyl (C=O) groups is 2. The van der Waals surface area contributed by atoms with E-state index in [1.807, 2.05) is 19.2 Å². The second kappa shape index (κ2) is 10.1. The molecular formula is C28H34FN3O2. The minimum absolute atomic E-state index is 0.0246. The molecule has 0 radical (unpaired) electrons. The summed E-state index contributed by atoms with van der Waals surface area (Å²) >= 11 is 0. The van der Waals surface area contributed by atoms with E-state index in [-0.39, 0.29) is 28.8 Å². The molecule has 1 amide bonds. The first-order chi connectivity index (χ1) is 16.3. The molecule has 5 nitrogen and oxygen atoms in total. The van der Waals surface area contributed by atoms with Crippen LogP contribution in [-0.2, 0) is 21.4 Å². The van der Waals surface area contributed by atoms with Crippen LogP contribution in [0.15, 0.2) is 60.3 Å². The van der Waals surface area contributed by atoms with E-state index >= 15 is 0 Å². The molecule has 180 valence electrons. The number of carbonyl (C=O) groups excluding carboxylic acids is 2. The third-order valence-electron chi connectivity index (χ3n) is 7.23. The fraction of sp³-hybridized carbons (Fsp3) is 0.429. The molecule has 0 unspecified atom stereocenters. The number of para-hydroxylation sites is 1. The van der Waals surface area contributed by atoms with Crippen molar-refractivity contribution < 1.29 is 14.0 Å². The summed E-state index contributed by atoms with van der Waals surface area (Å²) in [5.74, 6) is -0.174. The van der Waals surface area contributed by atoms with Crippen LogP contribution in [0.25, 0.3) is 0 Å². The standard InChI is InChI=1S/C28H34FN3O2/c1-28(2)23-9-5-7-11-25(23)31(3)26(28)18-22(33)19-32-16-13-21(14-17-32)27(34)30-15-12-20-8-4-6-10-24(20)29/h4-11,18,21H,12-17,19H2,1-3H3,(H,30,34)/b26-18+. The molecule has 6 heteroatoms. The van der Waals surface area contributed by atoms with Crippen molar-refractivity contribution in [2.24, 2.45) is 5.92 Å². The highest BCUT2D eigenvalue weighted by Crippen LogP contribution is 2.46. The molecule has 1 fully saturated rings. The number of nitrogens with zero attached hydrogens (tertiary/aromatic N) is 2. The van der Waals surface area contributed by atoms with Crippen molar-refractivity contribution in [1.82, 2.24) is 10.2 Å². The van der Waals surface area contributed by atoms with Crippen molar-refractivity contribution in [3.63, 3.8) is 0 Å². The van der Waals surface area contributed by atoms with E-state index < -0.39 is 0 Å². The van der Waals surface area contributed by atoms with Crippen molar-refractivity contribution in [2.45, 2.75) is 38.5 Å². The number of anilines is 1. The van der Waals surface area contributed by atoms with Crippen molar-refractivity contribution >= 4 is 17.4 Å². The smallest absolute Gasteiger partial charge is 0.223 e. The van der Waals surface area contributed by atoms with Crippen LogP contribution in [0.1, 0.15) is 37.8 Å². The average Bonchev–Trinajstić information content (AvgIpc) is 3.01. The van der Waals surface area contributed by atoms with E-state index in [0.717, 1.165) is 37.3 Å². The highest BCUT2D eigenvalue weighted by atomic mass is 19.1. The molecule has 2 aromatic carbocycles. The summed E-state index contributed by atoms with van der Waals surface area (Å²) in [5, 5.41) is 2.95. The predicted molar refractivity (Wildman–Crippen MR) is 133 cm³/mol. The Morgan fingerprint density at radius 3 is 2.47 bits per heavy atom. The molecule has 1 saturated heterocycles. The van der Waals surface area contributed by atoms with Gasteiger partial charge in [-0.25, -0.2) is 4.39 Å². The molecule has 4 rings (SSSR count). The number of nitrogens with one attached hydrogen (secondary N) is 1. The summed E-state index contributed by atoms with van der Waals surface area (Å²) in [6.45, 7) is 6.55. The molecular weight excluding hydrogens is 429 g/mol. The number of likely N-dealkylation sites (N-methyl/N-ethyl adjacent to an activating group) is 1. The second-order valence-electron chi connectivity index (χ2n) is 9.88. The lowest BCUT2D eigenvalue weighted by atomic mass is 9.83. The minimum atomic E-state index is -0.235. The van der Waals surface area contributed by atoms with Gasteiger partial charge < -0.3 is 10.2 Å². The molecule has 2 heterocycles. The van der Waals surface area contributed by atoms with Gasteiger partial charge >= 0.3 is 0 Å². The van der Waals surface area contributed by atoms with Gasteiger partial charge in [0.2, 0.25) is 5.91 Å². The average molecular weight is 464 g/mol. The SMILES string of the molecule is CN1/C(=C/C(=O)CN2CCC(C(=O)NCCc3ccccc3F)CC2)C(C)(C)c2ccccc21. The van der Waals surface area contributed by atoms with Gasteiger partial charge in [0.05, 0.1) is 6.54 Å². The van der Waals surface area contributed by atoms with Crippen LogP contribution in [-0.4, -0.2) is 49.8 Å². The maximum absolute atomic E-state index is 13.7. The van der Waals surface area contributed by atoms with E-state index in [4.69, 9.17) is 0 Å². The van der Waals surface area contributed by atoms with Crippen molar-refractivity contribution in [3.05, 3.63) is 77.2 Å². The third-order valence-corrected chi connectivity index (χ3v) is 7.23. The second-order valence-corrected chi connectivity index (χ2v) is 9.88. The molecule has 1 N–H and O–H groups in total. The molecule has 2 aromatic rings. The monoisotopic (exact) mass is 463 g/mol. The molecule has 0 aromatic heterocycles.